The highest BCUT2D eigenvalue weighted by atomic mass is 32.1. The summed E-state index contributed by atoms with van der Waals surface area (Å²) in [4.78, 5) is 34.2. The maximum Gasteiger partial charge on any atom is 0.248 e. The number of likely N-dealkylation sites (tertiary alicyclic amines) is 1. The quantitative estimate of drug-likeness (QED) is 0.216. The molecule has 0 radical (unpaired) electrons. The third-order valence-corrected chi connectivity index (χ3v) is 8.77. The van der Waals surface area contributed by atoms with Crippen LogP contribution < -0.4 is 5.32 Å². The predicted octanol–water partition coefficient (Wildman–Crippen LogP) is 2.88. The zero-order valence-electron chi connectivity index (χ0n) is 24.3. The smallest absolute Gasteiger partial charge is 0.248 e. The van der Waals surface area contributed by atoms with Crippen LogP contribution in [0.1, 0.15) is 49.2 Å². The molecule has 3 heterocycles. The fraction of sp³-hybridized carbons (Fsp3) is 0.387. The highest BCUT2D eigenvalue weighted by Crippen LogP contribution is 2.30. The Balaban J connectivity index is 1.32. The van der Waals surface area contributed by atoms with Crippen LogP contribution in [0.25, 0.3) is 21.7 Å². The molecular weight excluding hydrogens is 568 g/mol. The van der Waals surface area contributed by atoms with Gasteiger partial charge in [0.1, 0.15) is 17.8 Å². The summed E-state index contributed by atoms with van der Waals surface area (Å²) < 4.78 is 1.50. The van der Waals surface area contributed by atoms with Gasteiger partial charge in [-0.1, -0.05) is 67.6 Å². The molecule has 226 valence electrons. The van der Waals surface area contributed by atoms with E-state index in [4.69, 9.17) is 0 Å². The van der Waals surface area contributed by atoms with Gasteiger partial charge in [-0.05, 0) is 29.5 Å². The lowest BCUT2D eigenvalue weighted by Gasteiger charge is -2.30. The number of aliphatic hydroxyl groups excluding tert-OH is 3. The Morgan fingerprint density at radius 2 is 1.77 bits per heavy atom. The molecule has 0 unspecified atom stereocenters. The van der Waals surface area contributed by atoms with E-state index in [1.807, 2.05) is 57.2 Å². The third-order valence-electron chi connectivity index (χ3n) is 7.80. The van der Waals surface area contributed by atoms with Crippen LogP contribution in [0.4, 0.5) is 0 Å². The van der Waals surface area contributed by atoms with Crippen molar-refractivity contribution in [2.75, 3.05) is 13.2 Å². The van der Waals surface area contributed by atoms with Crippen LogP contribution in [0.2, 0.25) is 0 Å². The Labute approximate surface area is 253 Å². The number of thiazole rings is 1. The highest BCUT2D eigenvalue weighted by Gasteiger charge is 2.43. The molecule has 0 bridgehead atoms. The number of carbonyl (C=O) groups excluding carboxylic acids is 2. The number of amides is 2. The number of hydrogen-bond donors (Lipinski definition) is 4. The molecule has 2 aromatic heterocycles. The van der Waals surface area contributed by atoms with Gasteiger partial charge in [-0.15, -0.1) is 16.4 Å². The summed E-state index contributed by atoms with van der Waals surface area (Å²) in [6.45, 7) is 5.34. The molecule has 5 rings (SSSR count). The molecule has 2 aromatic carbocycles. The lowest BCUT2D eigenvalue weighted by atomic mass is 10.0. The van der Waals surface area contributed by atoms with Gasteiger partial charge in [0.25, 0.3) is 0 Å². The summed E-state index contributed by atoms with van der Waals surface area (Å²) in [5, 5.41) is 41.4. The molecule has 1 aliphatic rings. The number of aromatic nitrogens is 4. The Morgan fingerprint density at radius 1 is 1.07 bits per heavy atom. The standard InChI is InChI=1S/C31H36N6O5S/c1-18(2)28(37-14-25(34-35-37)21-6-4-20(15-38)5-7-21)31(42)36-13-24(40)12-27(36)30(41)33-26(16-39)22-8-10-23(11-9-22)29-19(3)32-17-43-29/h4-11,14,17-18,24,26-28,38-40H,12-13,15-16H2,1-3H3,(H,33,41)/t24-,26+,27+,28+/m1/s1. The average Bonchev–Trinajstić information content (AvgIpc) is 3.76. The van der Waals surface area contributed by atoms with E-state index in [1.54, 1.807) is 35.2 Å². The first-order valence-electron chi connectivity index (χ1n) is 14.2. The molecule has 11 nitrogen and oxygen atoms in total. The number of aliphatic hydroxyl groups is 3. The predicted molar refractivity (Wildman–Crippen MR) is 162 cm³/mol. The minimum absolute atomic E-state index is 0.0109. The summed E-state index contributed by atoms with van der Waals surface area (Å²) in [5.74, 6) is -0.980. The fourth-order valence-electron chi connectivity index (χ4n) is 5.45. The van der Waals surface area contributed by atoms with Crippen LogP contribution in [-0.2, 0) is 16.2 Å². The van der Waals surface area contributed by atoms with Crippen LogP contribution >= 0.6 is 11.3 Å². The fourth-order valence-corrected chi connectivity index (χ4v) is 6.27. The van der Waals surface area contributed by atoms with Gasteiger partial charge in [0.05, 0.1) is 47.6 Å². The molecule has 0 aliphatic carbocycles. The monoisotopic (exact) mass is 604 g/mol. The van der Waals surface area contributed by atoms with E-state index >= 15 is 0 Å². The molecule has 1 fully saturated rings. The number of β-amino-alcohol motifs (C(OH)–C–C–N with tert-alkyl or cyclic N) is 1. The summed E-state index contributed by atoms with van der Waals surface area (Å²) in [6.07, 6.45) is 0.916. The van der Waals surface area contributed by atoms with Crippen molar-refractivity contribution in [1.29, 1.82) is 0 Å². The molecule has 1 saturated heterocycles. The van der Waals surface area contributed by atoms with E-state index in [2.05, 4.69) is 20.6 Å². The summed E-state index contributed by atoms with van der Waals surface area (Å²) >= 11 is 1.55. The van der Waals surface area contributed by atoms with E-state index in [0.29, 0.717) is 5.69 Å². The number of carbonyl (C=O) groups is 2. The lowest BCUT2D eigenvalue weighted by molar-refractivity contribution is -0.142. The third kappa shape index (κ3) is 6.52. The van der Waals surface area contributed by atoms with Crippen molar-refractivity contribution < 1.29 is 24.9 Å². The average molecular weight is 605 g/mol. The van der Waals surface area contributed by atoms with Crippen molar-refractivity contribution in [2.45, 2.75) is 58.0 Å². The maximum atomic E-state index is 13.9. The summed E-state index contributed by atoms with van der Waals surface area (Å²) in [5.41, 5.74) is 6.59. The summed E-state index contributed by atoms with van der Waals surface area (Å²) in [6, 6.07) is 12.5. The topological polar surface area (TPSA) is 154 Å². The van der Waals surface area contributed by atoms with Crippen LogP contribution in [0.5, 0.6) is 0 Å². The second kappa shape index (κ2) is 13.1. The Bertz CT molecular complexity index is 1550. The zero-order valence-corrected chi connectivity index (χ0v) is 25.1. The molecule has 4 N–H and O–H groups in total. The number of rotatable bonds is 10. The van der Waals surface area contributed by atoms with E-state index in [0.717, 1.165) is 32.8 Å². The largest absolute Gasteiger partial charge is 0.394 e. The molecular formula is C31H36N6O5S. The number of nitrogens with one attached hydrogen (secondary N) is 1. The molecule has 1 aliphatic heterocycles. The molecule has 4 atom stereocenters. The Morgan fingerprint density at radius 3 is 2.37 bits per heavy atom. The zero-order chi connectivity index (χ0) is 30.7. The van der Waals surface area contributed by atoms with Gasteiger partial charge < -0.3 is 25.5 Å². The van der Waals surface area contributed by atoms with Crippen molar-refractivity contribution in [3.63, 3.8) is 0 Å². The van der Waals surface area contributed by atoms with Gasteiger partial charge in [0, 0.05) is 18.5 Å². The van der Waals surface area contributed by atoms with Gasteiger partial charge in [0.15, 0.2) is 0 Å². The van der Waals surface area contributed by atoms with Gasteiger partial charge in [-0.25, -0.2) is 9.67 Å². The summed E-state index contributed by atoms with van der Waals surface area (Å²) in [7, 11) is 0. The number of hydrogen-bond acceptors (Lipinski definition) is 9. The Hall–Kier alpha value is -3.97. The van der Waals surface area contributed by atoms with E-state index in [1.165, 1.54) is 9.58 Å². The van der Waals surface area contributed by atoms with Crippen LogP contribution in [0.15, 0.2) is 60.2 Å². The van der Waals surface area contributed by atoms with Gasteiger partial charge in [-0.2, -0.15) is 0 Å². The minimum Gasteiger partial charge on any atom is -0.394 e. The van der Waals surface area contributed by atoms with E-state index in [9.17, 15) is 24.9 Å². The van der Waals surface area contributed by atoms with Crippen LogP contribution in [0.3, 0.4) is 0 Å². The van der Waals surface area contributed by atoms with Crippen molar-refractivity contribution >= 4 is 23.2 Å². The van der Waals surface area contributed by atoms with Crippen molar-refractivity contribution in [3.8, 4) is 21.7 Å². The number of nitrogens with zero attached hydrogens (tertiary/aromatic N) is 5. The van der Waals surface area contributed by atoms with Crippen LogP contribution in [-0.4, -0.2) is 77.3 Å². The van der Waals surface area contributed by atoms with Gasteiger partial charge in [0.2, 0.25) is 11.8 Å². The lowest BCUT2D eigenvalue weighted by Crippen LogP contribution is -2.50. The first-order valence-corrected chi connectivity index (χ1v) is 15.1. The van der Waals surface area contributed by atoms with Gasteiger partial charge >= 0.3 is 0 Å². The molecule has 4 aromatic rings. The molecule has 12 heteroatoms. The highest BCUT2D eigenvalue weighted by molar-refractivity contribution is 7.13. The molecule has 43 heavy (non-hydrogen) atoms. The molecule has 2 amide bonds. The van der Waals surface area contributed by atoms with Crippen molar-refractivity contribution in [3.05, 3.63) is 77.1 Å². The SMILES string of the molecule is Cc1ncsc1-c1ccc([C@H](CO)NC(=O)[C@@H]2C[C@@H](O)CN2C(=O)[C@H](C(C)C)n2cc(-c3ccc(CO)cc3)nn2)cc1. The first kappa shape index (κ1) is 30.5. The maximum absolute atomic E-state index is 13.9. The van der Waals surface area contributed by atoms with Crippen molar-refractivity contribution in [1.82, 2.24) is 30.2 Å². The molecule has 0 spiro atoms. The van der Waals surface area contributed by atoms with E-state index in [-0.39, 0.29) is 38.0 Å². The second-order valence-corrected chi connectivity index (χ2v) is 12.0. The van der Waals surface area contributed by atoms with Crippen LogP contribution in [0, 0.1) is 12.8 Å². The minimum atomic E-state index is -0.911. The second-order valence-electron chi connectivity index (χ2n) is 11.2. The van der Waals surface area contributed by atoms with Crippen molar-refractivity contribution in [2.24, 2.45) is 5.92 Å². The molecule has 0 saturated carbocycles. The number of aryl methyl sites for hydroxylation is 1. The van der Waals surface area contributed by atoms with Gasteiger partial charge in [-0.3, -0.25) is 9.59 Å². The normalized spacial score (nSPS) is 18.2. The number of benzene rings is 2. The Kier molecular flexibility index (Phi) is 9.31. The first-order chi connectivity index (χ1) is 20.7. The van der Waals surface area contributed by atoms with E-state index < -0.39 is 30.1 Å².